The van der Waals surface area contributed by atoms with Crippen molar-refractivity contribution in [3.05, 3.63) is 78.1 Å². The molecular formula is C21H17N5O4S. The Bertz CT molecular complexity index is 1230. The number of ether oxygens (including phenoxy) is 1. The van der Waals surface area contributed by atoms with Gasteiger partial charge in [0.25, 0.3) is 15.9 Å². The number of aromatic nitrogens is 2. The zero-order valence-corrected chi connectivity index (χ0v) is 17.1. The maximum Gasteiger partial charge on any atom is 0.266 e. The first-order valence-electron chi connectivity index (χ1n) is 8.88. The third kappa shape index (κ3) is 5.65. The number of hydrogen-bond donors (Lipinski definition) is 2. The number of sulfonamides is 1. The molecule has 2 N–H and O–H groups in total. The fraction of sp³-hybridized carbons (Fsp3) is 0.0476. The molecular weight excluding hydrogens is 418 g/mol. The predicted octanol–water partition coefficient (Wildman–Crippen LogP) is 2.83. The summed E-state index contributed by atoms with van der Waals surface area (Å²) in [6.07, 6.45) is 4.27. The summed E-state index contributed by atoms with van der Waals surface area (Å²) in [6, 6.07) is 15.8. The van der Waals surface area contributed by atoms with E-state index >= 15 is 0 Å². The summed E-state index contributed by atoms with van der Waals surface area (Å²) in [6.45, 7) is 0. The van der Waals surface area contributed by atoms with Crippen LogP contribution >= 0.6 is 0 Å². The van der Waals surface area contributed by atoms with Crippen molar-refractivity contribution in [2.24, 2.45) is 0 Å². The van der Waals surface area contributed by atoms with Crippen LogP contribution in [-0.2, 0) is 14.8 Å². The summed E-state index contributed by atoms with van der Waals surface area (Å²) in [4.78, 5) is 20.0. The highest BCUT2D eigenvalue weighted by Gasteiger charge is 2.16. The molecule has 0 aliphatic carbocycles. The molecule has 1 heterocycles. The minimum Gasteiger partial charge on any atom is -0.497 e. The fourth-order valence-corrected chi connectivity index (χ4v) is 3.42. The molecule has 0 unspecified atom stereocenters. The van der Waals surface area contributed by atoms with Crippen LogP contribution in [0, 0.1) is 11.3 Å². The third-order valence-corrected chi connectivity index (χ3v) is 5.35. The lowest BCUT2D eigenvalue weighted by atomic mass is 10.1. The molecule has 1 amide bonds. The lowest BCUT2D eigenvalue weighted by Gasteiger charge is -2.08. The Kier molecular flexibility index (Phi) is 6.59. The number of methoxy groups -OCH3 is 1. The maximum atomic E-state index is 12.4. The van der Waals surface area contributed by atoms with Crippen LogP contribution in [0.3, 0.4) is 0 Å². The fourth-order valence-electron chi connectivity index (χ4n) is 2.46. The lowest BCUT2D eigenvalue weighted by Crippen LogP contribution is -2.16. The average molecular weight is 435 g/mol. The SMILES string of the molecule is COc1ccc(C=C(C#N)C(=O)Nc2ccc(S(=O)(=O)Nc3ncccn3)cc2)cc1. The summed E-state index contributed by atoms with van der Waals surface area (Å²) in [5, 5.41) is 11.9. The van der Waals surface area contributed by atoms with E-state index in [0.29, 0.717) is 17.0 Å². The highest BCUT2D eigenvalue weighted by molar-refractivity contribution is 7.92. The van der Waals surface area contributed by atoms with E-state index < -0.39 is 15.9 Å². The van der Waals surface area contributed by atoms with Gasteiger partial charge < -0.3 is 10.1 Å². The Morgan fingerprint density at radius 2 is 1.71 bits per heavy atom. The van der Waals surface area contributed by atoms with Crippen LogP contribution < -0.4 is 14.8 Å². The standard InChI is InChI=1S/C21H17N5O4S/c1-30-18-7-3-15(4-8-18)13-16(14-22)20(27)25-17-5-9-19(10-6-17)31(28,29)26-21-23-11-2-12-24-21/h2-13H,1H3,(H,25,27)(H,23,24,26). The van der Waals surface area contributed by atoms with Crippen molar-refractivity contribution in [2.45, 2.75) is 4.90 Å². The van der Waals surface area contributed by atoms with Gasteiger partial charge in [0.1, 0.15) is 17.4 Å². The maximum absolute atomic E-state index is 12.4. The molecule has 0 saturated heterocycles. The van der Waals surface area contributed by atoms with E-state index in [9.17, 15) is 18.5 Å². The lowest BCUT2D eigenvalue weighted by molar-refractivity contribution is -0.112. The summed E-state index contributed by atoms with van der Waals surface area (Å²) < 4.78 is 32.1. The quantitative estimate of drug-likeness (QED) is 0.430. The molecule has 0 radical (unpaired) electrons. The van der Waals surface area contributed by atoms with Crippen molar-refractivity contribution in [2.75, 3.05) is 17.1 Å². The van der Waals surface area contributed by atoms with Gasteiger partial charge in [0.05, 0.1) is 12.0 Å². The number of nitrogens with zero attached hydrogens (tertiary/aromatic N) is 3. The number of anilines is 2. The van der Waals surface area contributed by atoms with Gasteiger partial charge in [0.2, 0.25) is 5.95 Å². The largest absolute Gasteiger partial charge is 0.497 e. The molecule has 31 heavy (non-hydrogen) atoms. The second-order valence-electron chi connectivity index (χ2n) is 6.10. The molecule has 1 aromatic heterocycles. The molecule has 156 valence electrons. The van der Waals surface area contributed by atoms with Crippen LogP contribution in [0.25, 0.3) is 6.08 Å². The molecule has 3 rings (SSSR count). The molecule has 0 spiro atoms. The smallest absolute Gasteiger partial charge is 0.266 e. The molecule has 0 saturated carbocycles. The molecule has 10 heteroatoms. The van der Waals surface area contributed by atoms with Crippen LogP contribution in [0.5, 0.6) is 5.75 Å². The molecule has 0 bridgehead atoms. The van der Waals surface area contributed by atoms with Crippen LogP contribution in [0.15, 0.2) is 77.5 Å². The van der Waals surface area contributed by atoms with Gasteiger partial charge >= 0.3 is 0 Å². The van der Waals surface area contributed by atoms with Crippen LogP contribution in [0.4, 0.5) is 11.6 Å². The normalized spacial score (nSPS) is 11.3. The van der Waals surface area contributed by atoms with Gasteiger partial charge in [0, 0.05) is 18.1 Å². The van der Waals surface area contributed by atoms with Crippen molar-refractivity contribution in [1.82, 2.24) is 9.97 Å². The zero-order valence-electron chi connectivity index (χ0n) is 16.3. The van der Waals surface area contributed by atoms with Gasteiger partial charge in [-0.2, -0.15) is 5.26 Å². The molecule has 3 aromatic rings. The van der Waals surface area contributed by atoms with Crippen molar-refractivity contribution in [3.8, 4) is 11.8 Å². The molecule has 2 aromatic carbocycles. The van der Waals surface area contributed by atoms with E-state index in [4.69, 9.17) is 4.74 Å². The van der Waals surface area contributed by atoms with Crippen LogP contribution in [0.1, 0.15) is 5.56 Å². The molecule has 9 nitrogen and oxygen atoms in total. The average Bonchev–Trinajstić information content (AvgIpc) is 2.78. The van der Waals surface area contributed by atoms with Gasteiger partial charge in [-0.25, -0.2) is 23.1 Å². The number of amides is 1. The Labute approximate surface area is 179 Å². The summed E-state index contributed by atoms with van der Waals surface area (Å²) in [5.74, 6) is -0.0181. The summed E-state index contributed by atoms with van der Waals surface area (Å²) >= 11 is 0. The second-order valence-corrected chi connectivity index (χ2v) is 7.78. The van der Waals surface area contributed by atoms with E-state index in [0.717, 1.165) is 0 Å². The molecule has 0 atom stereocenters. The first kappa shape index (κ1) is 21.5. The number of hydrogen-bond acceptors (Lipinski definition) is 7. The van der Waals surface area contributed by atoms with Crippen molar-refractivity contribution >= 4 is 33.6 Å². The third-order valence-electron chi connectivity index (χ3n) is 4.01. The van der Waals surface area contributed by atoms with Gasteiger partial charge in [0.15, 0.2) is 0 Å². The number of nitrogens with one attached hydrogen (secondary N) is 2. The first-order chi connectivity index (χ1) is 14.9. The van der Waals surface area contributed by atoms with Crippen molar-refractivity contribution < 1.29 is 17.9 Å². The number of benzene rings is 2. The van der Waals surface area contributed by atoms with E-state index in [2.05, 4.69) is 20.0 Å². The highest BCUT2D eigenvalue weighted by Crippen LogP contribution is 2.18. The molecule has 0 aliphatic heterocycles. The van der Waals surface area contributed by atoms with Gasteiger partial charge in [-0.15, -0.1) is 0 Å². The van der Waals surface area contributed by atoms with Crippen molar-refractivity contribution in [3.63, 3.8) is 0 Å². The molecule has 0 aliphatic rings. The molecule has 0 fully saturated rings. The first-order valence-corrected chi connectivity index (χ1v) is 10.4. The Morgan fingerprint density at radius 3 is 2.29 bits per heavy atom. The van der Waals surface area contributed by atoms with Crippen molar-refractivity contribution in [1.29, 1.82) is 5.26 Å². The highest BCUT2D eigenvalue weighted by atomic mass is 32.2. The van der Waals surface area contributed by atoms with Gasteiger partial charge in [-0.1, -0.05) is 12.1 Å². The van der Waals surface area contributed by atoms with Gasteiger partial charge in [-0.05, 0) is 54.1 Å². The zero-order chi connectivity index (χ0) is 22.3. The number of carbonyl (C=O) groups excluding carboxylic acids is 1. The summed E-state index contributed by atoms with van der Waals surface area (Å²) in [5.41, 5.74) is 0.878. The Morgan fingerprint density at radius 1 is 1.06 bits per heavy atom. The Hall–Kier alpha value is -4.23. The number of nitriles is 1. The summed E-state index contributed by atoms with van der Waals surface area (Å²) in [7, 11) is -2.35. The van der Waals surface area contributed by atoms with Crippen LogP contribution in [-0.4, -0.2) is 31.4 Å². The van der Waals surface area contributed by atoms with E-state index in [-0.39, 0.29) is 16.4 Å². The van der Waals surface area contributed by atoms with E-state index in [1.54, 1.807) is 37.4 Å². The Balaban J connectivity index is 1.71. The predicted molar refractivity (Wildman–Crippen MR) is 114 cm³/mol. The topological polar surface area (TPSA) is 134 Å². The van der Waals surface area contributed by atoms with E-state index in [1.165, 1.54) is 42.7 Å². The number of carbonyl (C=O) groups is 1. The van der Waals surface area contributed by atoms with E-state index in [1.807, 2.05) is 6.07 Å². The van der Waals surface area contributed by atoms with Crippen LogP contribution in [0.2, 0.25) is 0 Å². The number of rotatable bonds is 7. The minimum absolute atomic E-state index is 0.0350. The monoisotopic (exact) mass is 435 g/mol. The minimum atomic E-state index is -3.89. The second kappa shape index (κ2) is 9.51. The van der Waals surface area contributed by atoms with Gasteiger partial charge in [-0.3, -0.25) is 4.79 Å².